The fraction of sp³-hybridized carbons (Fsp3) is 0.375. The molecule has 0 spiro atoms. The summed E-state index contributed by atoms with van der Waals surface area (Å²) in [6.07, 6.45) is -0.622. The minimum atomic E-state index is -3.92. The number of aliphatic imine (C=N–C) groups is 1. The van der Waals surface area contributed by atoms with Crippen LogP contribution in [0.4, 0.5) is 25.1 Å². The number of hydrogen-bond donors (Lipinski definition) is 3. The zero-order valence-electron chi connectivity index (χ0n) is 20.0. The smallest absolute Gasteiger partial charge is 0.374 e. The average Bonchev–Trinajstić information content (AvgIpc) is 3.28. The minimum absolute atomic E-state index is 0.00266. The molecule has 0 bridgehead atoms. The Labute approximate surface area is 206 Å². The van der Waals surface area contributed by atoms with E-state index in [9.17, 15) is 23.2 Å². The van der Waals surface area contributed by atoms with Gasteiger partial charge in [-0.1, -0.05) is 24.3 Å². The number of ether oxygens (including phenoxy) is 1. The van der Waals surface area contributed by atoms with Crippen LogP contribution in [0.5, 0.6) is 0 Å². The molecule has 2 atom stereocenters. The molecule has 0 radical (unpaired) electrons. The molecule has 0 saturated heterocycles. The van der Waals surface area contributed by atoms with Gasteiger partial charge in [-0.15, -0.1) is 0 Å². The lowest BCUT2D eigenvalue weighted by molar-refractivity contribution is -0.168. The molecule has 10 nitrogen and oxygen atoms in total. The number of anilines is 2. The number of halogens is 2. The van der Waals surface area contributed by atoms with E-state index in [0.717, 1.165) is 5.56 Å². The van der Waals surface area contributed by atoms with Gasteiger partial charge in [-0.05, 0) is 37.1 Å². The SMILES string of the molecule is Cc1ccccc1NC(=O)Nc1ccc(CC(=O)N(C)C(C)C2=NCC(CC(F)(F)C(=O)O)O2)cn1. The summed E-state index contributed by atoms with van der Waals surface area (Å²) in [4.78, 5) is 45.1. The first-order valence-corrected chi connectivity index (χ1v) is 11.1. The number of carboxylic acid groups (broad SMARTS) is 1. The summed E-state index contributed by atoms with van der Waals surface area (Å²) in [7, 11) is 1.53. The number of rotatable bonds is 9. The largest absolute Gasteiger partial charge is 0.477 e. The Balaban J connectivity index is 1.50. The molecule has 0 saturated carbocycles. The summed E-state index contributed by atoms with van der Waals surface area (Å²) in [5, 5.41) is 13.9. The average molecular weight is 504 g/mol. The number of carbonyl (C=O) groups is 3. The molecule has 1 aliphatic rings. The number of nitrogens with zero attached hydrogens (tertiary/aromatic N) is 3. The van der Waals surface area contributed by atoms with Crippen molar-refractivity contribution in [3.63, 3.8) is 0 Å². The molecule has 36 heavy (non-hydrogen) atoms. The minimum Gasteiger partial charge on any atom is -0.477 e. The molecule has 2 aromatic rings. The maximum absolute atomic E-state index is 13.4. The van der Waals surface area contributed by atoms with Gasteiger partial charge < -0.3 is 20.1 Å². The summed E-state index contributed by atoms with van der Waals surface area (Å²) in [6, 6.07) is 9.47. The number of alkyl halides is 2. The second-order valence-corrected chi connectivity index (χ2v) is 8.44. The highest BCUT2D eigenvalue weighted by atomic mass is 19.3. The standard InChI is InChI=1S/C24H27F2N5O5/c1-14-6-4-5-7-18(14)29-23(35)30-19-9-8-16(12-27-19)10-20(32)31(3)15(2)21-28-13-17(36-21)11-24(25,26)22(33)34/h4-9,12,15,17H,10-11,13H2,1-3H3,(H,33,34)(H2,27,29,30,35). The van der Waals surface area contributed by atoms with Crippen LogP contribution in [0, 0.1) is 6.92 Å². The number of urea groups is 1. The highest BCUT2D eigenvalue weighted by molar-refractivity contribution is 5.99. The second-order valence-electron chi connectivity index (χ2n) is 8.44. The van der Waals surface area contributed by atoms with Crippen molar-refractivity contribution in [2.24, 2.45) is 4.99 Å². The summed E-state index contributed by atoms with van der Waals surface area (Å²) in [5.41, 5.74) is 2.18. The molecule has 192 valence electrons. The van der Waals surface area contributed by atoms with Crippen molar-refractivity contribution in [1.29, 1.82) is 0 Å². The summed E-state index contributed by atoms with van der Waals surface area (Å²) < 4.78 is 32.3. The van der Waals surface area contributed by atoms with Crippen LogP contribution in [0.15, 0.2) is 47.6 Å². The number of nitrogens with one attached hydrogen (secondary N) is 2. The Morgan fingerprint density at radius 3 is 2.58 bits per heavy atom. The highest BCUT2D eigenvalue weighted by Crippen LogP contribution is 2.25. The number of para-hydroxylation sites is 1. The van der Waals surface area contributed by atoms with E-state index >= 15 is 0 Å². The maximum Gasteiger partial charge on any atom is 0.374 e. The Bertz CT molecular complexity index is 1160. The van der Waals surface area contributed by atoms with Crippen molar-refractivity contribution < 1.29 is 33.0 Å². The molecule has 0 aliphatic carbocycles. The lowest BCUT2D eigenvalue weighted by Gasteiger charge is -2.25. The molecule has 1 aromatic carbocycles. The predicted molar refractivity (Wildman–Crippen MR) is 128 cm³/mol. The fourth-order valence-corrected chi connectivity index (χ4v) is 3.41. The van der Waals surface area contributed by atoms with Gasteiger partial charge in [-0.25, -0.2) is 19.6 Å². The van der Waals surface area contributed by atoms with Crippen LogP contribution in [-0.4, -0.2) is 70.5 Å². The third kappa shape index (κ3) is 6.74. The normalized spacial score (nSPS) is 15.9. The second kappa shape index (κ2) is 11.1. The Morgan fingerprint density at radius 2 is 1.94 bits per heavy atom. The van der Waals surface area contributed by atoms with Gasteiger partial charge in [0.2, 0.25) is 11.8 Å². The van der Waals surface area contributed by atoms with Crippen LogP contribution in [0.25, 0.3) is 0 Å². The molecule has 1 aromatic heterocycles. The fourth-order valence-electron chi connectivity index (χ4n) is 3.41. The maximum atomic E-state index is 13.4. The van der Waals surface area contributed by atoms with Crippen LogP contribution in [0.2, 0.25) is 0 Å². The van der Waals surface area contributed by atoms with Gasteiger partial charge in [0.25, 0.3) is 0 Å². The Morgan fingerprint density at radius 1 is 1.22 bits per heavy atom. The van der Waals surface area contributed by atoms with Gasteiger partial charge in [-0.3, -0.25) is 10.1 Å². The molecule has 2 unspecified atom stereocenters. The lowest BCUT2D eigenvalue weighted by Crippen LogP contribution is -2.42. The van der Waals surface area contributed by atoms with Gasteiger partial charge in [0, 0.05) is 18.9 Å². The first-order chi connectivity index (χ1) is 17.0. The van der Waals surface area contributed by atoms with Crippen molar-refractivity contribution in [1.82, 2.24) is 9.88 Å². The molecule has 3 rings (SSSR count). The van der Waals surface area contributed by atoms with E-state index in [1.807, 2.05) is 25.1 Å². The Kier molecular flexibility index (Phi) is 8.18. The summed E-state index contributed by atoms with van der Waals surface area (Å²) >= 11 is 0. The van der Waals surface area contributed by atoms with Crippen LogP contribution in [0.1, 0.15) is 24.5 Å². The number of carboxylic acids is 1. The molecule has 3 N–H and O–H groups in total. The van der Waals surface area contributed by atoms with E-state index in [1.165, 1.54) is 18.1 Å². The molecule has 2 heterocycles. The Hall–Kier alpha value is -4.09. The van der Waals surface area contributed by atoms with E-state index in [1.54, 1.807) is 25.1 Å². The van der Waals surface area contributed by atoms with Gasteiger partial charge in [-0.2, -0.15) is 8.78 Å². The molecule has 1 aliphatic heterocycles. The van der Waals surface area contributed by atoms with E-state index in [4.69, 9.17) is 9.84 Å². The van der Waals surface area contributed by atoms with Crippen LogP contribution < -0.4 is 10.6 Å². The molecule has 12 heteroatoms. The van der Waals surface area contributed by atoms with Crippen molar-refractivity contribution >= 4 is 35.3 Å². The summed E-state index contributed by atoms with van der Waals surface area (Å²) in [6.45, 7) is 3.40. The van der Waals surface area contributed by atoms with Gasteiger partial charge in [0.1, 0.15) is 18.0 Å². The van der Waals surface area contributed by atoms with Crippen LogP contribution in [0.3, 0.4) is 0 Å². The topological polar surface area (TPSA) is 133 Å². The quantitative estimate of drug-likeness (QED) is 0.481. The zero-order valence-corrected chi connectivity index (χ0v) is 20.0. The number of benzene rings is 1. The van der Waals surface area contributed by atoms with Crippen molar-refractivity contribution in [3.8, 4) is 0 Å². The van der Waals surface area contributed by atoms with Crippen LogP contribution >= 0.6 is 0 Å². The van der Waals surface area contributed by atoms with E-state index in [0.29, 0.717) is 17.1 Å². The predicted octanol–water partition coefficient (Wildman–Crippen LogP) is 3.33. The van der Waals surface area contributed by atoms with E-state index < -0.39 is 36.5 Å². The van der Waals surface area contributed by atoms with Gasteiger partial charge >= 0.3 is 17.9 Å². The van der Waals surface area contributed by atoms with Crippen LogP contribution in [-0.2, 0) is 20.7 Å². The molecular formula is C24H27F2N5O5. The third-order valence-corrected chi connectivity index (χ3v) is 5.68. The molecule has 3 amide bonds. The number of aromatic nitrogens is 1. The van der Waals surface area contributed by atoms with E-state index in [-0.39, 0.29) is 24.8 Å². The summed E-state index contributed by atoms with van der Waals surface area (Å²) in [5.74, 6) is -6.05. The number of aliphatic carboxylic acids is 1. The first-order valence-electron chi connectivity index (χ1n) is 11.1. The van der Waals surface area contributed by atoms with Gasteiger partial charge in [0.05, 0.1) is 19.4 Å². The number of carbonyl (C=O) groups excluding carboxylic acids is 2. The molecular weight excluding hydrogens is 476 g/mol. The van der Waals surface area contributed by atoms with Gasteiger partial charge in [0.15, 0.2) is 0 Å². The number of likely N-dealkylation sites (N-methyl/N-ethyl adjacent to an activating group) is 1. The first kappa shape index (κ1) is 26.5. The van der Waals surface area contributed by atoms with Crippen molar-refractivity contribution in [2.75, 3.05) is 24.2 Å². The van der Waals surface area contributed by atoms with Crippen molar-refractivity contribution in [3.05, 3.63) is 53.7 Å². The third-order valence-electron chi connectivity index (χ3n) is 5.68. The number of aryl methyl sites for hydroxylation is 1. The zero-order chi connectivity index (χ0) is 26.5. The number of pyridine rings is 1. The monoisotopic (exact) mass is 503 g/mol. The lowest BCUT2D eigenvalue weighted by atomic mass is 10.1. The molecule has 0 fully saturated rings. The van der Waals surface area contributed by atoms with E-state index in [2.05, 4.69) is 20.6 Å². The number of amides is 3. The number of hydrogen-bond acceptors (Lipinski definition) is 6. The van der Waals surface area contributed by atoms with Crippen molar-refractivity contribution in [2.45, 2.75) is 44.8 Å². The highest BCUT2D eigenvalue weighted by Gasteiger charge is 2.43.